The molecule has 1 rings (SSSR count). The first-order chi connectivity index (χ1) is 7.20. The van der Waals surface area contributed by atoms with Gasteiger partial charge in [0.15, 0.2) is 0 Å². The normalized spacial score (nSPS) is 11.2. The fourth-order valence-corrected chi connectivity index (χ4v) is 2.25. The molecule has 1 aromatic rings. The fraction of sp³-hybridized carbons (Fsp3) is 0.750. The van der Waals surface area contributed by atoms with Gasteiger partial charge in [0.2, 0.25) is 0 Å². The molecule has 0 radical (unpaired) electrons. The number of aromatic nitrogens is 1. The van der Waals surface area contributed by atoms with Gasteiger partial charge in [0.1, 0.15) is 0 Å². The molecule has 0 aromatic carbocycles. The monoisotopic (exact) mass is 226 g/mol. The summed E-state index contributed by atoms with van der Waals surface area (Å²) in [7, 11) is 0. The first-order valence-corrected chi connectivity index (χ1v) is 6.67. The first-order valence-electron chi connectivity index (χ1n) is 5.80. The van der Waals surface area contributed by atoms with E-state index >= 15 is 0 Å². The summed E-state index contributed by atoms with van der Waals surface area (Å²) in [5.74, 6) is 0.841. The quantitative estimate of drug-likeness (QED) is 0.721. The van der Waals surface area contributed by atoms with E-state index in [-0.39, 0.29) is 0 Å². The molecule has 0 fully saturated rings. The highest BCUT2D eigenvalue weighted by atomic mass is 32.1. The molecule has 1 aromatic heterocycles. The molecule has 0 aliphatic carbocycles. The van der Waals surface area contributed by atoms with Crippen molar-refractivity contribution in [3.8, 4) is 0 Å². The molecule has 1 N–H and O–H groups in total. The Balaban J connectivity index is 2.00. The van der Waals surface area contributed by atoms with Crippen molar-refractivity contribution in [3.63, 3.8) is 0 Å². The van der Waals surface area contributed by atoms with Crippen molar-refractivity contribution in [2.24, 2.45) is 5.92 Å². The Labute approximate surface area is 97.1 Å². The van der Waals surface area contributed by atoms with E-state index in [0.29, 0.717) is 0 Å². The second-order valence-corrected chi connectivity index (χ2v) is 5.37. The number of nitrogens with zero attached hydrogens (tertiary/aromatic N) is 1. The topological polar surface area (TPSA) is 24.9 Å². The van der Waals surface area contributed by atoms with Crippen molar-refractivity contribution in [2.45, 2.75) is 46.6 Å². The highest BCUT2D eigenvalue weighted by molar-refractivity contribution is 7.09. The van der Waals surface area contributed by atoms with E-state index in [1.165, 1.54) is 29.8 Å². The van der Waals surface area contributed by atoms with Crippen molar-refractivity contribution >= 4 is 11.3 Å². The number of nitrogens with one attached hydrogen (secondary N) is 1. The molecule has 1 heterocycles. The Morgan fingerprint density at radius 2 is 2.20 bits per heavy atom. The number of hydrogen-bond donors (Lipinski definition) is 1. The van der Waals surface area contributed by atoms with Crippen LogP contribution in [0.5, 0.6) is 0 Å². The maximum atomic E-state index is 4.23. The summed E-state index contributed by atoms with van der Waals surface area (Å²) in [6.45, 7) is 8.76. The summed E-state index contributed by atoms with van der Waals surface area (Å²) in [6, 6.07) is 0. The second-order valence-electron chi connectivity index (χ2n) is 4.43. The van der Waals surface area contributed by atoms with Gasteiger partial charge in [0.05, 0.1) is 11.2 Å². The highest BCUT2D eigenvalue weighted by Gasteiger charge is 1.99. The molecule has 0 bridgehead atoms. The first kappa shape index (κ1) is 12.7. The van der Waals surface area contributed by atoms with E-state index in [9.17, 15) is 0 Å². The number of thiazole rings is 1. The lowest BCUT2D eigenvalue weighted by Gasteiger charge is -2.05. The minimum Gasteiger partial charge on any atom is -0.312 e. The average Bonchev–Trinajstić information content (AvgIpc) is 2.57. The second kappa shape index (κ2) is 6.96. The van der Waals surface area contributed by atoms with Crippen LogP contribution in [0.15, 0.2) is 5.51 Å². The highest BCUT2D eigenvalue weighted by Crippen LogP contribution is 2.11. The van der Waals surface area contributed by atoms with Crippen molar-refractivity contribution < 1.29 is 0 Å². The van der Waals surface area contributed by atoms with E-state index in [4.69, 9.17) is 0 Å². The zero-order valence-corrected chi connectivity index (χ0v) is 10.9. The van der Waals surface area contributed by atoms with Crippen LogP contribution in [0, 0.1) is 12.8 Å². The van der Waals surface area contributed by atoms with Crippen molar-refractivity contribution in [2.75, 3.05) is 6.54 Å². The SMILES string of the molecule is Cc1ncsc1CNCCCCC(C)C. The van der Waals surface area contributed by atoms with Gasteiger partial charge in [-0.1, -0.05) is 26.7 Å². The van der Waals surface area contributed by atoms with Crippen LogP contribution in [0.3, 0.4) is 0 Å². The fourth-order valence-electron chi connectivity index (χ4n) is 1.50. The van der Waals surface area contributed by atoms with Gasteiger partial charge in [0.25, 0.3) is 0 Å². The van der Waals surface area contributed by atoms with Crippen molar-refractivity contribution in [1.82, 2.24) is 10.3 Å². The molecule has 0 saturated carbocycles. The summed E-state index contributed by atoms with van der Waals surface area (Å²) < 4.78 is 0. The molecule has 0 spiro atoms. The third kappa shape index (κ3) is 5.28. The molecular formula is C12H22N2S. The minimum absolute atomic E-state index is 0.841. The van der Waals surface area contributed by atoms with Gasteiger partial charge in [-0.25, -0.2) is 4.98 Å². The smallest absolute Gasteiger partial charge is 0.0798 e. The average molecular weight is 226 g/mol. The molecule has 2 nitrogen and oxygen atoms in total. The lowest BCUT2D eigenvalue weighted by molar-refractivity contribution is 0.521. The van der Waals surface area contributed by atoms with E-state index in [1.54, 1.807) is 11.3 Å². The van der Waals surface area contributed by atoms with E-state index in [0.717, 1.165) is 19.0 Å². The molecule has 0 aliphatic heterocycles. The van der Waals surface area contributed by atoms with Crippen LogP contribution in [0.25, 0.3) is 0 Å². The molecular weight excluding hydrogens is 204 g/mol. The zero-order valence-electron chi connectivity index (χ0n) is 10.0. The Morgan fingerprint density at radius 1 is 1.40 bits per heavy atom. The Bertz CT molecular complexity index is 268. The Hall–Kier alpha value is -0.410. The van der Waals surface area contributed by atoms with E-state index in [2.05, 4.69) is 31.1 Å². The van der Waals surface area contributed by atoms with Gasteiger partial charge in [-0.05, 0) is 25.8 Å². The molecule has 86 valence electrons. The molecule has 3 heteroatoms. The summed E-state index contributed by atoms with van der Waals surface area (Å²) in [4.78, 5) is 5.61. The molecule has 0 amide bonds. The number of rotatable bonds is 7. The van der Waals surface area contributed by atoms with Crippen LogP contribution >= 0.6 is 11.3 Å². The van der Waals surface area contributed by atoms with Crippen LogP contribution < -0.4 is 5.32 Å². The molecule has 0 unspecified atom stereocenters. The summed E-state index contributed by atoms with van der Waals surface area (Å²) >= 11 is 1.74. The number of unbranched alkanes of at least 4 members (excludes halogenated alkanes) is 1. The zero-order chi connectivity index (χ0) is 11.1. The van der Waals surface area contributed by atoms with Gasteiger partial charge in [-0.2, -0.15) is 0 Å². The third-order valence-electron chi connectivity index (χ3n) is 2.52. The van der Waals surface area contributed by atoms with Gasteiger partial charge in [-0.3, -0.25) is 0 Å². The summed E-state index contributed by atoms with van der Waals surface area (Å²) in [5.41, 5.74) is 3.10. The van der Waals surface area contributed by atoms with Gasteiger partial charge < -0.3 is 5.32 Å². The molecule has 15 heavy (non-hydrogen) atoms. The maximum absolute atomic E-state index is 4.23. The molecule has 0 saturated heterocycles. The van der Waals surface area contributed by atoms with Gasteiger partial charge in [-0.15, -0.1) is 11.3 Å². The van der Waals surface area contributed by atoms with Crippen LogP contribution in [0.2, 0.25) is 0 Å². The van der Waals surface area contributed by atoms with Crippen LogP contribution in [0.1, 0.15) is 43.7 Å². The lowest BCUT2D eigenvalue weighted by Crippen LogP contribution is -2.14. The lowest BCUT2D eigenvalue weighted by atomic mass is 10.1. The largest absolute Gasteiger partial charge is 0.312 e. The predicted molar refractivity (Wildman–Crippen MR) is 67.2 cm³/mol. The summed E-state index contributed by atoms with van der Waals surface area (Å²) in [6.07, 6.45) is 3.98. The maximum Gasteiger partial charge on any atom is 0.0798 e. The van der Waals surface area contributed by atoms with Crippen LogP contribution in [-0.4, -0.2) is 11.5 Å². The minimum atomic E-state index is 0.841. The van der Waals surface area contributed by atoms with Crippen molar-refractivity contribution in [3.05, 3.63) is 16.1 Å². The summed E-state index contributed by atoms with van der Waals surface area (Å²) in [5, 5.41) is 3.47. The molecule has 0 atom stereocenters. The number of hydrogen-bond acceptors (Lipinski definition) is 3. The standard InChI is InChI=1S/C12H22N2S/c1-10(2)6-4-5-7-13-8-12-11(3)14-9-15-12/h9-10,13H,4-8H2,1-3H3. The van der Waals surface area contributed by atoms with Gasteiger partial charge in [0, 0.05) is 11.4 Å². The van der Waals surface area contributed by atoms with E-state index < -0.39 is 0 Å². The molecule has 0 aliphatic rings. The predicted octanol–water partition coefficient (Wildman–Crippen LogP) is 3.37. The third-order valence-corrected chi connectivity index (χ3v) is 3.45. The van der Waals surface area contributed by atoms with Crippen LogP contribution in [0.4, 0.5) is 0 Å². The Kier molecular flexibility index (Phi) is 5.88. The van der Waals surface area contributed by atoms with Crippen molar-refractivity contribution in [1.29, 1.82) is 0 Å². The van der Waals surface area contributed by atoms with Gasteiger partial charge >= 0.3 is 0 Å². The number of aryl methyl sites for hydroxylation is 1. The Morgan fingerprint density at radius 3 is 2.80 bits per heavy atom. The van der Waals surface area contributed by atoms with Crippen LogP contribution in [-0.2, 0) is 6.54 Å². The van der Waals surface area contributed by atoms with E-state index in [1.807, 2.05) is 5.51 Å².